The largest absolute Gasteiger partial charge is 0.497 e. The van der Waals surface area contributed by atoms with Gasteiger partial charge in [-0.1, -0.05) is 23.5 Å². The van der Waals surface area contributed by atoms with E-state index in [2.05, 4.69) is 23.2 Å². The van der Waals surface area contributed by atoms with Crippen molar-refractivity contribution < 1.29 is 32.2 Å². The zero-order valence-electron chi connectivity index (χ0n) is 24.7. The number of rotatable bonds is 14. The summed E-state index contributed by atoms with van der Waals surface area (Å²) in [7, 11) is 2.22. The summed E-state index contributed by atoms with van der Waals surface area (Å²) >= 11 is 1.25. The van der Waals surface area contributed by atoms with Crippen LogP contribution in [0.1, 0.15) is 15.9 Å². The van der Waals surface area contributed by atoms with Gasteiger partial charge in [0, 0.05) is 24.2 Å². The van der Waals surface area contributed by atoms with Crippen LogP contribution >= 0.6 is 11.3 Å². The molecule has 3 aromatic carbocycles. The number of fused-ring (bicyclic) bond motifs is 1. The lowest BCUT2D eigenvalue weighted by molar-refractivity contribution is 0.0987. The van der Waals surface area contributed by atoms with Crippen molar-refractivity contribution in [3.05, 3.63) is 91.0 Å². The average molecular weight is 637 g/mol. The predicted molar refractivity (Wildman–Crippen MR) is 172 cm³/mol. The number of anilines is 1. The number of sulfonamides is 1. The molecule has 0 saturated carbocycles. The fourth-order valence-corrected chi connectivity index (χ4v) is 6.53. The number of hydrazone groups is 1. The minimum absolute atomic E-state index is 0.0253. The van der Waals surface area contributed by atoms with Gasteiger partial charge in [0.1, 0.15) is 5.75 Å². The number of ether oxygens (including phenoxy) is 4. The second kappa shape index (κ2) is 14.2. The second-order valence-electron chi connectivity index (χ2n) is 9.07. The Morgan fingerprint density at radius 1 is 0.909 bits per heavy atom. The van der Waals surface area contributed by atoms with Crippen molar-refractivity contribution in [2.45, 2.75) is 4.90 Å². The van der Waals surface area contributed by atoms with E-state index in [9.17, 15) is 13.2 Å². The SMILES string of the molecule is C=CCN(CC=C)S(=O)(=O)c1ccc(C(=O)N(/N=C/c2cc(OC)c(OC)c(OC)c2)c2nc3ccc(OC)cc3s2)cc1. The van der Waals surface area contributed by atoms with Gasteiger partial charge in [-0.15, -0.1) is 13.2 Å². The third-order valence-corrected chi connectivity index (χ3v) is 9.21. The van der Waals surface area contributed by atoms with Crippen LogP contribution in [0.15, 0.2) is 89.9 Å². The average Bonchev–Trinajstić information content (AvgIpc) is 3.47. The molecule has 1 amide bonds. The molecule has 1 aromatic heterocycles. The van der Waals surface area contributed by atoms with Crippen molar-refractivity contribution in [1.29, 1.82) is 0 Å². The summed E-state index contributed by atoms with van der Waals surface area (Å²) in [5.74, 6) is 1.35. The molecule has 4 aromatic rings. The van der Waals surface area contributed by atoms with Crippen LogP contribution in [0.25, 0.3) is 10.2 Å². The summed E-state index contributed by atoms with van der Waals surface area (Å²) in [6, 6.07) is 14.4. The van der Waals surface area contributed by atoms with Gasteiger partial charge in [-0.3, -0.25) is 4.79 Å². The molecule has 0 aliphatic carbocycles. The van der Waals surface area contributed by atoms with Crippen LogP contribution in [0, 0.1) is 0 Å². The van der Waals surface area contributed by atoms with Crippen LogP contribution in [0.5, 0.6) is 23.0 Å². The Kier molecular flexibility index (Phi) is 10.4. The molecule has 0 unspecified atom stereocenters. The molecule has 44 heavy (non-hydrogen) atoms. The van der Waals surface area contributed by atoms with Gasteiger partial charge in [-0.05, 0) is 54.6 Å². The zero-order chi connectivity index (χ0) is 31.9. The summed E-state index contributed by atoms with van der Waals surface area (Å²) in [5.41, 5.74) is 1.41. The summed E-state index contributed by atoms with van der Waals surface area (Å²) in [5, 5.41) is 5.96. The fraction of sp³-hybridized carbons (Fsp3) is 0.194. The van der Waals surface area contributed by atoms with Crippen molar-refractivity contribution in [3.63, 3.8) is 0 Å². The van der Waals surface area contributed by atoms with E-state index in [1.807, 2.05) is 6.07 Å². The van der Waals surface area contributed by atoms with E-state index < -0.39 is 15.9 Å². The van der Waals surface area contributed by atoms with Gasteiger partial charge in [0.15, 0.2) is 11.5 Å². The first-order valence-corrected chi connectivity index (χ1v) is 15.4. The molecule has 13 heteroatoms. The molecule has 0 aliphatic heterocycles. The summed E-state index contributed by atoms with van der Waals surface area (Å²) in [4.78, 5) is 18.6. The molecule has 0 radical (unpaired) electrons. The Bertz CT molecular complexity index is 1770. The number of aromatic nitrogens is 1. The predicted octanol–water partition coefficient (Wildman–Crippen LogP) is 5.37. The molecule has 4 rings (SSSR count). The van der Waals surface area contributed by atoms with Gasteiger partial charge in [-0.25, -0.2) is 13.4 Å². The van der Waals surface area contributed by atoms with Gasteiger partial charge in [-0.2, -0.15) is 14.4 Å². The monoisotopic (exact) mass is 636 g/mol. The van der Waals surface area contributed by atoms with Gasteiger partial charge in [0.25, 0.3) is 5.91 Å². The number of hydrogen-bond donors (Lipinski definition) is 0. The summed E-state index contributed by atoms with van der Waals surface area (Å²) in [6.45, 7) is 7.49. The van der Waals surface area contributed by atoms with E-state index in [1.54, 1.807) is 31.4 Å². The van der Waals surface area contributed by atoms with E-state index in [-0.39, 0.29) is 23.5 Å². The quantitative estimate of drug-likeness (QED) is 0.103. The third-order valence-electron chi connectivity index (χ3n) is 6.37. The highest BCUT2D eigenvalue weighted by Gasteiger charge is 2.25. The Hall–Kier alpha value is -4.72. The van der Waals surface area contributed by atoms with Crippen molar-refractivity contribution in [2.75, 3.05) is 46.5 Å². The molecule has 0 fully saturated rings. The highest BCUT2D eigenvalue weighted by molar-refractivity contribution is 7.89. The Labute approximate surface area is 260 Å². The minimum atomic E-state index is -3.85. The number of benzene rings is 3. The van der Waals surface area contributed by atoms with Gasteiger partial charge in [0.05, 0.1) is 49.8 Å². The van der Waals surface area contributed by atoms with Gasteiger partial charge < -0.3 is 18.9 Å². The minimum Gasteiger partial charge on any atom is -0.497 e. The highest BCUT2D eigenvalue weighted by Crippen LogP contribution is 2.38. The second-order valence-corrected chi connectivity index (χ2v) is 12.0. The third kappa shape index (κ3) is 6.75. The van der Waals surface area contributed by atoms with Gasteiger partial charge >= 0.3 is 0 Å². The maximum Gasteiger partial charge on any atom is 0.280 e. The number of carbonyl (C=O) groups is 1. The lowest BCUT2D eigenvalue weighted by Gasteiger charge is -2.19. The normalized spacial score (nSPS) is 11.5. The number of hydrogen-bond acceptors (Lipinski definition) is 10. The van der Waals surface area contributed by atoms with Crippen LogP contribution in [0.2, 0.25) is 0 Å². The topological polar surface area (TPSA) is 120 Å². The van der Waals surface area contributed by atoms with E-state index in [0.29, 0.717) is 39.2 Å². The Morgan fingerprint density at radius 3 is 2.09 bits per heavy atom. The number of nitrogens with zero attached hydrogens (tertiary/aromatic N) is 4. The Morgan fingerprint density at radius 2 is 1.55 bits per heavy atom. The van der Waals surface area contributed by atoms with Crippen molar-refractivity contribution in [3.8, 4) is 23.0 Å². The van der Waals surface area contributed by atoms with Crippen LogP contribution in [0.4, 0.5) is 5.13 Å². The molecular weight excluding hydrogens is 604 g/mol. The zero-order valence-corrected chi connectivity index (χ0v) is 26.4. The van der Waals surface area contributed by atoms with Crippen LogP contribution in [0.3, 0.4) is 0 Å². The van der Waals surface area contributed by atoms with Crippen LogP contribution in [-0.4, -0.2) is 71.4 Å². The first-order chi connectivity index (χ1) is 21.2. The fourth-order valence-electron chi connectivity index (χ4n) is 4.20. The molecule has 0 spiro atoms. The van der Waals surface area contributed by atoms with E-state index in [4.69, 9.17) is 18.9 Å². The van der Waals surface area contributed by atoms with E-state index in [1.165, 1.54) is 79.6 Å². The maximum absolute atomic E-state index is 13.9. The lowest BCUT2D eigenvalue weighted by atomic mass is 10.2. The molecule has 0 N–H and O–H groups in total. The molecular formula is C31H32N4O7S2. The molecule has 1 heterocycles. The number of amides is 1. The summed E-state index contributed by atoms with van der Waals surface area (Å²) in [6.07, 6.45) is 4.46. The smallest absolute Gasteiger partial charge is 0.280 e. The standard InChI is InChI=1S/C31H32N4O7S2/c1-7-15-34(16-8-2)44(37,38)24-12-9-22(10-13-24)30(36)35(31-33-25-14-11-23(39-3)19-28(25)43-31)32-20-21-17-26(40-4)29(42-6)27(18-21)41-5/h7-14,17-20H,1-2,15-16H2,3-6H3/b32-20+. The first-order valence-electron chi connectivity index (χ1n) is 13.2. The molecule has 0 bridgehead atoms. The maximum atomic E-state index is 13.9. The summed E-state index contributed by atoms with van der Waals surface area (Å²) < 4.78 is 50.0. The molecule has 0 atom stereocenters. The molecule has 0 aliphatic rings. The first kappa shape index (κ1) is 32.2. The van der Waals surface area contributed by atoms with Crippen molar-refractivity contribution >= 4 is 48.8 Å². The number of thiazole rings is 1. The van der Waals surface area contributed by atoms with Crippen LogP contribution < -0.4 is 24.0 Å². The van der Waals surface area contributed by atoms with Crippen LogP contribution in [-0.2, 0) is 10.0 Å². The molecule has 0 saturated heterocycles. The van der Waals surface area contributed by atoms with Gasteiger partial charge in [0.2, 0.25) is 20.9 Å². The van der Waals surface area contributed by atoms with Crippen molar-refractivity contribution in [1.82, 2.24) is 9.29 Å². The number of carbonyl (C=O) groups excluding carboxylic acids is 1. The van der Waals surface area contributed by atoms with Crippen molar-refractivity contribution in [2.24, 2.45) is 5.10 Å². The molecule has 230 valence electrons. The Balaban J connectivity index is 1.76. The number of methoxy groups -OCH3 is 4. The highest BCUT2D eigenvalue weighted by atomic mass is 32.2. The van der Waals surface area contributed by atoms with E-state index >= 15 is 0 Å². The lowest BCUT2D eigenvalue weighted by Crippen LogP contribution is -2.31. The van der Waals surface area contributed by atoms with E-state index in [0.717, 1.165) is 9.71 Å². The molecule has 11 nitrogen and oxygen atoms in total.